The molecule has 0 aliphatic carbocycles. The molecule has 1 saturated heterocycles. The van der Waals surface area contributed by atoms with Crippen LogP contribution in [-0.2, 0) is 9.47 Å². The van der Waals surface area contributed by atoms with Gasteiger partial charge in [0.05, 0.1) is 19.3 Å². The number of ether oxygens (including phenoxy) is 2. The molecule has 2 unspecified atom stereocenters. The second kappa shape index (κ2) is 6.32. The van der Waals surface area contributed by atoms with Crippen molar-refractivity contribution in [1.29, 1.82) is 0 Å². The van der Waals surface area contributed by atoms with Gasteiger partial charge in [0.15, 0.2) is 0 Å². The molecule has 0 amide bonds. The summed E-state index contributed by atoms with van der Waals surface area (Å²) < 4.78 is 10.5. The monoisotopic (exact) mass is 188 g/mol. The summed E-state index contributed by atoms with van der Waals surface area (Å²) in [5.74, 6) is 0. The topological polar surface area (TPSA) is 42.5 Å². The lowest BCUT2D eigenvalue weighted by atomic mass is 10.2. The highest BCUT2D eigenvalue weighted by Gasteiger charge is 2.12. The number of nitrogens with one attached hydrogen (secondary N) is 2. The predicted octanol–water partition coefficient (Wildman–Crippen LogP) is -0.401. The summed E-state index contributed by atoms with van der Waals surface area (Å²) in [6.45, 7) is 6.52. The fourth-order valence-electron chi connectivity index (χ4n) is 1.29. The van der Waals surface area contributed by atoms with Gasteiger partial charge < -0.3 is 20.1 Å². The first-order valence-electron chi connectivity index (χ1n) is 4.87. The third-order valence-electron chi connectivity index (χ3n) is 2.22. The van der Waals surface area contributed by atoms with Crippen LogP contribution in [0.15, 0.2) is 0 Å². The molecule has 1 aliphatic rings. The summed E-state index contributed by atoms with van der Waals surface area (Å²) in [6.07, 6.45) is 0.282. The van der Waals surface area contributed by atoms with Gasteiger partial charge in [0.25, 0.3) is 0 Å². The highest BCUT2D eigenvalue weighted by Crippen LogP contribution is 1.91. The predicted molar refractivity (Wildman–Crippen MR) is 52.0 cm³/mol. The van der Waals surface area contributed by atoms with Crippen LogP contribution in [0.2, 0.25) is 0 Å². The first-order chi connectivity index (χ1) is 6.33. The van der Waals surface area contributed by atoms with E-state index < -0.39 is 0 Å². The van der Waals surface area contributed by atoms with Crippen molar-refractivity contribution in [3.63, 3.8) is 0 Å². The minimum atomic E-state index is 0.282. The molecule has 1 heterocycles. The Labute approximate surface area is 80.0 Å². The van der Waals surface area contributed by atoms with Crippen molar-refractivity contribution in [2.75, 3.05) is 40.0 Å². The fourth-order valence-corrected chi connectivity index (χ4v) is 1.29. The normalized spacial score (nSPS) is 25.8. The summed E-state index contributed by atoms with van der Waals surface area (Å²) in [5, 5.41) is 6.72. The van der Waals surface area contributed by atoms with Crippen molar-refractivity contribution in [2.45, 2.75) is 19.1 Å². The Kier molecular flexibility index (Phi) is 5.31. The van der Waals surface area contributed by atoms with Crippen molar-refractivity contribution in [1.82, 2.24) is 10.6 Å². The zero-order valence-corrected chi connectivity index (χ0v) is 8.51. The number of hydrogen-bond donors (Lipinski definition) is 2. The van der Waals surface area contributed by atoms with Gasteiger partial charge in [-0.3, -0.25) is 0 Å². The van der Waals surface area contributed by atoms with Gasteiger partial charge in [-0.05, 0) is 6.92 Å². The third kappa shape index (κ3) is 4.57. The average Bonchev–Trinajstić information content (AvgIpc) is 2.19. The van der Waals surface area contributed by atoms with E-state index in [0.29, 0.717) is 6.04 Å². The summed E-state index contributed by atoms with van der Waals surface area (Å²) in [4.78, 5) is 0. The molecule has 1 aliphatic heterocycles. The van der Waals surface area contributed by atoms with Crippen LogP contribution in [0.3, 0.4) is 0 Å². The standard InChI is InChI=1S/C9H20N2O2/c1-8(12-2)5-10-6-9-7-13-4-3-11-9/h8-11H,3-7H2,1-2H3. The van der Waals surface area contributed by atoms with E-state index in [-0.39, 0.29) is 6.10 Å². The molecule has 78 valence electrons. The molecule has 4 heteroatoms. The van der Waals surface area contributed by atoms with Crippen LogP contribution in [0.25, 0.3) is 0 Å². The van der Waals surface area contributed by atoms with E-state index in [2.05, 4.69) is 17.6 Å². The largest absolute Gasteiger partial charge is 0.380 e. The van der Waals surface area contributed by atoms with Gasteiger partial charge in [-0.15, -0.1) is 0 Å². The number of rotatable bonds is 5. The molecule has 13 heavy (non-hydrogen) atoms. The Hall–Kier alpha value is -0.160. The molecule has 4 nitrogen and oxygen atoms in total. The van der Waals surface area contributed by atoms with E-state index in [9.17, 15) is 0 Å². The minimum Gasteiger partial charge on any atom is -0.380 e. The highest BCUT2D eigenvalue weighted by molar-refractivity contribution is 4.72. The lowest BCUT2D eigenvalue weighted by Gasteiger charge is -2.24. The van der Waals surface area contributed by atoms with Gasteiger partial charge in [0, 0.05) is 32.8 Å². The molecule has 2 N–H and O–H groups in total. The quantitative estimate of drug-likeness (QED) is 0.616. The Morgan fingerprint density at radius 3 is 3.15 bits per heavy atom. The Morgan fingerprint density at radius 2 is 2.54 bits per heavy atom. The smallest absolute Gasteiger partial charge is 0.0667 e. The lowest BCUT2D eigenvalue weighted by molar-refractivity contribution is 0.0732. The van der Waals surface area contributed by atoms with E-state index in [4.69, 9.17) is 9.47 Å². The van der Waals surface area contributed by atoms with E-state index in [0.717, 1.165) is 32.8 Å². The molecular weight excluding hydrogens is 168 g/mol. The summed E-state index contributed by atoms with van der Waals surface area (Å²) in [6, 6.07) is 0.456. The molecule has 1 rings (SSSR count). The van der Waals surface area contributed by atoms with E-state index in [1.165, 1.54) is 0 Å². The molecule has 1 fully saturated rings. The van der Waals surface area contributed by atoms with Gasteiger partial charge >= 0.3 is 0 Å². The molecule has 0 radical (unpaired) electrons. The maximum absolute atomic E-state index is 5.33. The lowest BCUT2D eigenvalue weighted by Crippen LogP contribution is -2.48. The number of morpholine rings is 1. The van der Waals surface area contributed by atoms with Crippen LogP contribution in [0.5, 0.6) is 0 Å². The molecule has 0 spiro atoms. The van der Waals surface area contributed by atoms with Gasteiger partial charge in [0.2, 0.25) is 0 Å². The summed E-state index contributed by atoms with van der Waals surface area (Å²) in [5.41, 5.74) is 0. The van der Waals surface area contributed by atoms with Crippen LogP contribution in [0.4, 0.5) is 0 Å². The minimum absolute atomic E-state index is 0.282. The van der Waals surface area contributed by atoms with Gasteiger partial charge in [-0.25, -0.2) is 0 Å². The van der Waals surface area contributed by atoms with Crippen molar-refractivity contribution in [2.24, 2.45) is 0 Å². The van der Waals surface area contributed by atoms with Crippen LogP contribution in [0, 0.1) is 0 Å². The first kappa shape index (κ1) is 10.9. The van der Waals surface area contributed by atoms with Crippen LogP contribution in [-0.4, -0.2) is 52.1 Å². The van der Waals surface area contributed by atoms with E-state index >= 15 is 0 Å². The fraction of sp³-hybridized carbons (Fsp3) is 1.00. The maximum Gasteiger partial charge on any atom is 0.0667 e. The number of hydrogen-bond acceptors (Lipinski definition) is 4. The van der Waals surface area contributed by atoms with Gasteiger partial charge in [-0.2, -0.15) is 0 Å². The first-order valence-corrected chi connectivity index (χ1v) is 4.87. The summed E-state index contributed by atoms with van der Waals surface area (Å²) in [7, 11) is 1.73. The zero-order valence-electron chi connectivity index (χ0n) is 8.51. The van der Waals surface area contributed by atoms with Crippen molar-refractivity contribution in [3.8, 4) is 0 Å². The van der Waals surface area contributed by atoms with E-state index in [1.54, 1.807) is 7.11 Å². The van der Waals surface area contributed by atoms with Crippen molar-refractivity contribution >= 4 is 0 Å². The maximum atomic E-state index is 5.33. The number of methoxy groups -OCH3 is 1. The second-order valence-corrected chi connectivity index (χ2v) is 3.43. The van der Waals surface area contributed by atoms with Crippen LogP contribution >= 0.6 is 0 Å². The van der Waals surface area contributed by atoms with Gasteiger partial charge in [0.1, 0.15) is 0 Å². The Balaban J connectivity index is 1.98. The highest BCUT2D eigenvalue weighted by atomic mass is 16.5. The molecule has 0 bridgehead atoms. The van der Waals surface area contributed by atoms with Crippen LogP contribution in [0.1, 0.15) is 6.92 Å². The molecule has 0 aromatic heterocycles. The average molecular weight is 188 g/mol. The Bertz CT molecular complexity index is 127. The second-order valence-electron chi connectivity index (χ2n) is 3.43. The van der Waals surface area contributed by atoms with Crippen molar-refractivity contribution < 1.29 is 9.47 Å². The third-order valence-corrected chi connectivity index (χ3v) is 2.22. The molecular formula is C9H20N2O2. The summed E-state index contributed by atoms with van der Waals surface area (Å²) >= 11 is 0. The van der Waals surface area contributed by atoms with Crippen LogP contribution < -0.4 is 10.6 Å². The van der Waals surface area contributed by atoms with Crippen molar-refractivity contribution in [3.05, 3.63) is 0 Å². The molecule has 0 saturated carbocycles. The Morgan fingerprint density at radius 1 is 1.69 bits per heavy atom. The molecule has 0 aromatic carbocycles. The molecule has 0 aromatic rings. The van der Waals surface area contributed by atoms with Gasteiger partial charge in [-0.1, -0.05) is 0 Å². The molecule has 2 atom stereocenters. The zero-order chi connectivity index (χ0) is 9.52. The SMILES string of the molecule is COC(C)CNCC1COCCN1. The van der Waals surface area contributed by atoms with E-state index in [1.807, 2.05) is 0 Å².